The van der Waals surface area contributed by atoms with E-state index in [0.717, 1.165) is 17.9 Å². The minimum atomic E-state index is 0.616. The first-order valence-corrected chi connectivity index (χ1v) is 10.1. The molecule has 0 bridgehead atoms. The van der Waals surface area contributed by atoms with Crippen molar-refractivity contribution in [1.82, 2.24) is 0 Å². The predicted molar refractivity (Wildman–Crippen MR) is 116 cm³/mol. The van der Waals surface area contributed by atoms with E-state index in [1.807, 2.05) is 0 Å². The van der Waals surface area contributed by atoms with Crippen molar-refractivity contribution in [2.45, 2.75) is 34.1 Å². The zero-order valence-electron chi connectivity index (χ0n) is 17.3. The number of hydrogen-bond acceptors (Lipinski definition) is 1. The maximum atomic E-state index is 6.64. The minimum absolute atomic E-state index is 0.616. The number of rotatable bonds is 2. The van der Waals surface area contributed by atoms with Crippen LogP contribution in [0.1, 0.15) is 30.5 Å². The van der Waals surface area contributed by atoms with Crippen molar-refractivity contribution in [3.63, 3.8) is 0 Å². The van der Waals surface area contributed by atoms with Gasteiger partial charge in [-0.3, -0.25) is 0 Å². The molecule has 0 saturated heterocycles. The minimum Gasteiger partial charge on any atom is -0.449 e. The summed E-state index contributed by atoms with van der Waals surface area (Å²) in [5, 5.41) is 4.90. The average Bonchev–Trinajstić information content (AvgIpc) is 2.64. The molecule has 0 saturated carbocycles. The fourth-order valence-corrected chi connectivity index (χ4v) is 4.65. The van der Waals surface area contributed by atoms with Gasteiger partial charge in [-0.2, -0.15) is 4.57 Å². The van der Waals surface area contributed by atoms with Crippen LogP contribution in [0.15, 0.2) is 48.7 Å². The molecule has 1 aliphatic rings. The van der Waals surface area contributed by atoms with Gasteiger partial charge in [0.2, 0.25) is 5.75 Å². The van der Waals surface area contributed by atoms with E-state index in [1.54, 1.807) is 0 Å². The van der Waals surface area contributed by atoms with Gasteiger partial charge in [-0.05, 0) is 60.4 Å². The van der Waals surface area contributed by atoms with Crippen LogP contribution >= 0.6 is 0 Å². The lowest BCUT2D eigenvalue weighted by molar-refractivity contribution is -0.659. The number of ether oxygens (including phenoxy) is 1. The summed E-state index contributed by atoms with van der Waals surface area (Å²) in [5.74, 6) is 2.59. The molecular weight excluding hydrogens is 342 g/mol. The first-order chi connectivity index (χ1) is 13.4. The van der Waals surface area contributed by atoms with Crippen LogP contribution in [0.5, 0.6) is 11.5 Å². The fraction of sp³-hybridized carbons (Fsp3) is 0.269. The maximum absolute atomic E-state index is 6.64. The number of hydrogen-bond donors (Lipinski definition) is 0. The van der Waals surface area contributed by atoms with Gasteiger partial charge in [0.25, 0.3) is 5.69 Å². The third kappa shape index (κ3) is 2.44. The third-order valence-electron chi connectivity index (χ3n) is 5.98. The topological polar surface area (TPSA) is 13.1 Å². The van der Waals surface area contributed by atoms with Gasteiger partial charge < -0.3 is 4.74 Å². The van der Waals surface area contributed by atoms with E-state index in [-0.39, 0.29) is 0 Å². The largest absolute Gasteiger partial charge is 0.449 e. The molecule has 1 aliphatic heterocycles. The van der Waals surface area contributed by atoms with E-state index in [1.165, 1.54) is 49.5 Å². The van der Waals surface area contributed by atoms with Crippen LogP contribution in [-0.4, -0.2) is 0 Å². The van der Waals surface area contributed by atoms with Gasteiger partial charge in [-0.1, -0.05) is 44.2 Å². The van der Waals surface area contributed by atoms with Gasteiger partial charge in [-0.25, -0.2) is 0 Å². The van der Waals surface area contributed by atoms with Crippen LogP contribution in [-0.2, 0) is 13.5 Å². The predicted octanol–water partition coefficient (Wildman–Crippen LogP) is 6.41. The molecular formula is C26H26NO+. The molecule has 5 rings (SSSR count). The Morgan fingerprint density at radius 1 is 1.00 bits per heavy atom. The molecule has 2 heteroatoms. The Balaban J connectivity index is 1.93. The van der Waals surface area contributed by atoms with Crippen molar-refractivity contribution >= 4 is 21.5 Å². The zero-order valence-corrected chi connectivity index (χ0v) is 17.3. The second-order valence-corrected chi connectivity index (χ2v) is 8.59. The van der Waals surface area contributed by atoms with E-state index in [4.69, 9.17) is 4.74 Å². The molecule has 2 nitrogen and oxygen atoms in total. The van der Waals surface area contributed by atoms with Crippen molar-refractivity contribution in [2.24, 2.45) is 13.0 Å². The molecule has 0 unspecified atom stereocenters. The van der Waals surface area contributed by atoms with Crippen LogP contribution < -0.4 is 9.30 Å². The number of fused-ring (bicyclic) bond motifs is 4. The smallest absolute Gasteiger partial charge is 0.257 e. The average molecular weight is 369 g/mol. The SMILES string of the molecule is Cc1cc2cc(CC(C)C)cc3c2c(c1C)-c1c(c2ccccc2c[n+]1C)O3. The highest BCUT2D eigenvalue weighted by Crippen LogP contribution is 2.49. The maximum Gasteiger partial charge on any atom is 0.257 e. The molecule has 1 aromatic heterocycles. The van der Waals surface area contributed by atoms with E-state index < -0.39 is 0 Å². The first-order valence-electron chi connectivity index (χ1n) is 10.1. The summed E-state index contributed by atoms with van der Waals surface area (Å²) in [6.45, 7) is 8.99. The number of aromatic nitrogens is 1. The van der Waals surface area contributed by atoms with Crippen LogP contribution in [0.3, 0.4) is 0 Å². The lowest BCUT2D eigenvalue weighted by Gasteiger charge is -2.24. The summed E-state index contributed by atoms with van der Waals surface area (Å²) in [6, 6.07) is 15.4. The molecule has 28 heavy (non-hydrogen) atoms. The van der Waals surface area contributed by atoms with Crippen LogP contribution in [0.4, 0.5) is 0 Å². The van der Waals surface area contributed by atoms with E-state index >= 15 is 0 Å². The molecule has 0 atom stereocenters. The van der Waals surface area contributed by atoms with Crippen molar-refractivity contribution in [2.75, 3.05) is 0 Å². The molecule has 3 aromatic carbocycles. The standard InChI is InChI=1S/C26H26NO/c1-15(2)10-18-12-20-11-16(3)17(4)23-24(20)22(13-18)28-26-21-9-7-6-8-19(21)14-27(5)25(23)26/h6-9,11-15H,10H2,1-5H3/q+1. The Bertz CT molecular complexity index is 1270. The number of nitrogens with zero attached hydrogens (tertiary/aromatic N) is 1. The molecule has 140 valence electrons. The van der Waals surface area contributed by atoms with Crippen LogP contribution in [0.25, 0.3) is 32.8 Å². The van der Waals surface area contributed by atoms with Gasteiger partial charge >= 0.3 is 0 Å². The van der Waals surface area contributed by atoms with Gasteiger partial charge in [-0.15, -0.1) is 0 Å². The van der Waals surface area contributed by atoms with Crippen LogP contribution in [0.2, 0.25) is 0 Å². The molecule has 0 radical (unpaired) electrons. The summed E-state index contributed by atoms with van der Waals surface area (Å²) in [7, 11) is 2.13. The van der Waals surface area contributed by atoms with Crippen molar-refractivity contribution < 1.29 is 9.30 Å². The molecule has 0 amide bonds. The quantitative estimate of drug-likeness (QED) is 0.328. The third-order valence-corrected chi connectivity index (χ3v) is 5.98. The number of pyridine rings is 1. The van der Waals surface area contributed by atoms with Crippen molar-refractivity contribution in [3.8, 4) is 22.8 Å². The summed E-state index contributed by atoms with van der Waals surface area (Å²) < 4.78 is 8.87. The van der Waals surface area contributed by atoms with Crippen LogP contribution in [0, 0.1) is 19.8 Å². The monoisotopic (exact) mass is 368 g/mol. The van der Waals surface area contributed by atoms with E-state index in [2.05, 4.69) is 88.0 Å². The molecule has 0 spiro atoms. The molecule has 0 N–H and O–H groups in total. The molecule has 4 aromatic rings. The second-order valence-electron chi connectivity index (χ2n) is 8.59. The molecule has 2 heterocycles. The highest BCUT2D eigenvalue weighted by atomic mass is 16.5. The molecule has 0 aliphatic carbocycles. The highest BCUT2D eigenvalue weighted by Gasteiger charge is 2.32. The summed E-state index contributed by atoms with van der Waals surface area (Å²) >= 11 is 0. The van der Waals surface area contributed by atoms with Crippen molar-refractivity contribution in [3.05, 3.63) is 65.4 Å². The van der Waals surface area contributed by atoms with E-state index in [0.29, 0.717) is 5.92 Å². The molecule has 0 fully saturated rings. The lowest BCUT2D eigenvalue weighted by Crippen LogP contribution is -2.32. The Kier molecular flexibility index (Phi) is 3.74. The lowest BCUT2D eigenvalue weighted by atomic mass is 9.88. The summed E-state index contributed by atoms with van der Waals surface area (Å²) in [6.07, 6.45) is 3.27. The Morgan fingerprint density at radius 3 is 2.57 bits per heavy atom. The fourth-order valence-electron chi connectivity index (χ4n) is 4.65. The number of aryl methyl sites for hydroxylation is 2. The first kappa shape index (κ1) is 17.2. The highest BCUT2D eigenvalue weighted by molar-refractivity contribution is 6.07. The van der Waals surface area contributed by atoms with Crippen molar-refractivity contribution in [1.29, 1.82) is 0 Å². The normalized spacial score (nSPS) is 12.5. The van der Waals surface area contributed by atoms with Gasteiger partial charge in [0.15, 0.2) is 6.20 Å². The Hall–Kier alpha value is -2.87. The van der Waals surface area contributed by atoms with E-state index in [9.17, 15) is 0 Å². The second kappa shape index (κ2) is 6.07. The Morgan fingerprint density at radius 2 is 1.79 bits per heavy atom. The van der Waals surface area contributed by atoms with Gasteiger partial charge in [0.05, 0.1) is 5.56 Å². The Labute approximate surface area is 166 Å². The van der Waals surface area contributed by atoms with Gasteiger partial charge in [0, 0.05) is 16.2 Å². The zero-order chi connectivity index (χ0) is 19.6. The van der Waals surface area contributed by atoms with Gasteiger partial charge in [0.1, 0.15) is 12.8 Å². The summed E-state index contributed by atoms with van der Waals surface area (Å²) in [5.41, 5.74) is 6.50. The summed E-state index contributed by atoms with van der Waals surface area (Å²) in [4.78, 5) is 0. The number of benzene rings is 3.